The number of aliphatic carboxylic acids is 1. The van der Waals surface area contributed by atoms with Crippen molar-refractivity contribution in [3.8, 4) is 0 Å². The van der Waals surface area contributed by atoms with Crippen molar-refractivity contribution in [2.45, 2.75) is 46.5 Å². The smallest absolute Gasteiger partial charge is 0.310 e. The Balaban J connectivity index is 2.35. The third-order valence-electron chi connectivity index (χ3n) is 4.22. The Bertz CT molecular complexity index is 428. The van der Waals surface area contributed by atoms with Gasteiger partial charge in [0.15, 0.2) is 0 Å². The van der Waals surface area contributed by atoms with Crippen molar-refractivity contribution in [2.75, 3.05) is 13.1 Å². The van der Waals surface area contributed by atoms with E-state index in [0.29, 0.717) is 19.4 Å². The van der Waals surface area contributed by atoms with Crippen LogP contribution in [0.5, 0.6) is 0 Å². The maximum Gasteiger partial charge on any atom is 0.310 e. The van der Waals surface area contributed by atoms with Crippen LogP contribution in [0, 0.1) is 12.3 Å². The fourth-order valence-corrected chi connectivity index (χ4v) is 2.37. The van der Waals surface area contributed by atoms with Crippen molar-refractivity contribution in [2.24, 2.45) is 5.41 Å². The molecule has 1 aromatic heterocycles. The molecule has 0 aliphatic carbocycles. The Morgan fingerprint density at radius 2 is 2.10 bits per heavy atom. The van der Waals surface area contributed by atoms with E-state index >= 15 is 0 Å². The molecule has 4 nitrogen and oxygen atoms in total. The summed E-state index contributed by atoms with van der Waals surface area (Å²) in [6.45, 7) is 7.36. The number of carboxylic acid groups (broad SMARTS) is 1. The number of carbonyl (C=O) groups is 1. The molecule has 2 N–H and O–H groups in total. The quantitative estimate of drug-likeness (QED) is 0.682. The van der Waals surface area contributed by atoms with Gasteiger partial charge < -0.3 is 10.4 Å². The van der Waals surface area contributed by atoms with Crippen LogP contribution in [0.2, 0.25) is 0 Å². The number of aromatic nitrogens is 1. The monoisotopic (exact) mass is 278 g/mol. The highest BCUT2D eigenvalue weighted by molar-refractivity contribution is 5.74. The average Bonchev–Trinajstić information content (AvgIpc) is 2.45. The lowest BCUT2D eigenvalue weighted by Crippen LogP contribution is -2.40. The summed E-state index contributed by atoms with van der Waals surface area (Å²) in [5.74, 6) is -0.696. The highest BCUT2D eigenvalue weighted by Gasteiger charge is 2.34. The molecule has 4 heteroatoms. The summed E-state index contributed by atoms with van der Waals surface area (Å²) in [5.41, 5.74) is 1.91. The lowest BCUT2D eigenvalue weighted by Gasteiger charge is -2.27. The van der Waals surface area contributed by atoms with Gasteiger partial charge in [-0.05, 0) is 56.3 Å². The van der Waals surface area contributed by atoms with Crippen LogP contribution < -0.4 is 5.32 Å². The van der Waals surface area contributed by atoms with Crippen LogP contribution in [0.25, 0.3) is 0 Å². The number of rotatable bonds is 9. The molecule has 0 atom stereocenters. The first-order chi connectivity index (χ1) is 9.55. The fourth-order valence-electron chi connectivity index (χ4n) is 2.37. The molecule has 0 radical (unpaired) electrons. The summed E-state index contributed by atoms with van der Waals surface area (Å²) in [4.78, 5) is 15.5. The Kier molecular flexibility index (Phi) is 6.65. The number of pyridine rings is 1. The van der Waals surface area contributed by atoms with E-state index in [9.17, 15) is 9.90 Å². The van der Waals surface area contributed by atoms with Crippen molar-refractivity contribution in [3.63, 3.8) is 0 Å². The van der Waals surface area contributed by atoms with Crippen LogP contribution >= 0.6 is 0 Å². The number of nitrogens with one attached hydrogen (secondary N) is 1. The van der Waals surface area contributed by atoms with Gasteiger partial charge in [-0.3, -0.25) is 9.78 Å². The molecule has 0 amide bonds. The van der Waals surface area contributed by atoms with E-state index in [1.807, 2.05) is 26.1 Å². The van der Waals surface area contributed by atoms with Gasteiger partial charge in [0, 0.05) is 18.9 Å². The summed E-state index contributed by atoms with van der Waals surface area (Å²) in [6.07, 6.45) is 7.01. The minimum absolute atomic E-state index is 0.543. The average molecular weight is 278 g/mol. The summed E-state index contributed by atoms with van der Waals surface area (Å²) >= 11 is 0. The van der Waals surface area contributed by atoms with Gasteiger partial charge >= 0.3 is 5.97 Å². The van der Waals surface area contributed by atoms with Gasteiger partial charge in [-0.25, -0.2) is 0 Å². The zero-order chi connectivity index (χ0) is 15.0. The fraction of sp³-hybridized carbons (Fsp3) is 0.625. The van der Waals surface area contributed by atoms with Crippen molar-refractivity contribution in [1.82, 2.24) is 10.3 Å². The molecule has 0 aromatic carbocycles. The Morgan fingerprint density at radius 3 is 2.65 bits per heavy atom. The molecule has 0 spiro atoms. The van der Waals surface area contributed by atoms with Crippen molar-refractivity contribution >= 4 is 5.97 Å². The molecule has 1 aromatic rings. The van der Waals surface area contributed by atoms with Gasteiger partial charge in [0.25, 0.3) is 0 Å². The van der Waals surface area contributed by atoms with Gasteiger partial charge in [0.05, 0.1) is 5.41 Å². The number of nitrogens with zero attached hydrogens (tertiary/aromatic N) is 1. The molecule has 0 bridgehead atoms. The van der Waals surface area contributed by atoms with Crippen LogP contribution in [0.3, 0.4) is 0 Å². The maximum absolute atomic E-state index is 11.4. The summed E-state index contributed by atoms with van der Waals surface area (Å²) < 4.78 is 0. The molecule has 0 unspecified atom stereocenters. The predicted molar refractivity (Wildman–Crippen MR) is 80.8 cm³/mol. The lowest BCUT2D eigenvalue weighted by molar-refractivity contribution is -0.149. The van der Waals surface area contributed by atoms with Crippen molar-refractivity contribution < 1.29 is 9.90 Å². The van der Waals surface area contributed by atoms with E-state index in [0.717, 1.165) is 19.4 Å². The van der Waals surface area contributed by atoms with Gasteiger partial charge in [-0.15, -0.1) is 0 Å². The highest BCUT2D eigenvalue weighted by Crippen LogP contribution is 2.25. The third-order valence-corrected chi connectivity index (χ3v) is 4.22. The SMILES string of the molecule is CCC(CC)(CNCCCc1cnccc1C)C(=O)O. The van der Waals surface area contributed by atoms with Gasteiger partial charge in [-0.1, -0.05) is 13.8 Å². The van der Waals surface area contributed by atoms with Crippen molar-refractivity contribution in [1.29, 1.82) is 0 Å². The summed E-state index contributed by atoms with van der Waals surface area (Å²) in [6, 6.07) is 2.02. The molecular formula is C16H26N2O2. The van der Waals surface area contributed by atoms with E-state index in [-0.39, 0.29) is 0 Å². The summed E-state index contributed by atoms with van der Waals surface area (Å²) in [5, 5.41) is 12.6. The first kappa shape index (κ1) is 16.6. The minimum Gasteiger partial charge on any atom is -0.481 e. The van der Waals surface area contributed by atoms with E-state index in [1.165, 1.54) is 11.1 Å². The second kappa shape index (κ2) is 8.00. The number of aryl methyl sites for hydroxylation is 2. The van der Waals surface area contributed by atoms with E-state index in [1.54, 1.807) is 6.20 Å². The number of carboxylic acids is 1. The highest BCUT2D eigenvalue weighted by atomic mass is 16.4. The first-order valence-electron chi connectivity index (χ1n) is 7.39. The second-order valence-electron chi connectivity index (χ2n) is 5.38. The standard InChI is InChI=1S/C16H26N2O2/c1-4-16(5-2,15(19)20)12-18-9-6-7-14-11-17-10-8-13(14)3/h8,10-11,18H,4-7,9,12H2,1-3H3,(H,19,20). The lowest BCUT2D eigenvalue weighted by atomic mass is 9.82. The molecule has 0 fully saturated rings. The van der Waals surface area contributed by atoms with E-state index in [2.05, 4.69) is 17.2 Å². The zero-order valence-corrected chi connectivity index (χ0v) is 12.8. The topological polar surface area (TPSA) is 62.2 Å². The molecule has 20 heavy (non-hydrogen) atoms. The molecule has 0 saturated carbocycles. The second-order valence-corrected chi connectivity index (χ2v) is 5.38. The molecule has 0 aliphatic rings. The van der Waals surface area contributed by atoms with Gasteiger partial charge in [-0.2, -0.15) is 0 Å². The van der Waals surface area contributed by atoms with Crippen molar-refractivity contribution in [3.05, 3.63) is 29.6 Å². The zero-order valence-electron chi connectivity index (χ0n) is 12.8. The van der Waals surface area contributed by atoms with Crippen LogP contribution in [-0.2, 0) is 11.2 Å². The largest absolute Gasteiger partial charge is 0.481 e. The minimum atomic E-state index is -0.696. The predicted octanol–water partition coefficient (Wildman–Crippen LogP) is 2.80. The molecule has 0 aliphatic heterocycles. The van der Waals surface area contributed by atoms with Crippen LogP contribution in [0.15, 0.2) is 18.5 Å². The van der Waals surface area contributed by atoms with Gasteiger partial charge in [0.2, 0.25) is 0 Å². The van der Waals surface area contributed by atoms with Crippen LogP contribution in [0.1, 0.15) is 44.2 Å². The number of hydrogen-bond acceptors (Lipinski definition) is 3. The normalized spacial score (nSPS) is 11.6. The molecule has 1 heterocycles. The molecule has 0 saturated heterocycles. The third kappa shape index (κ3) is 4.30. The molecule has 112 valence electrons. The maximum atomic E-state index is 11.4. The van der Waals surface area contributed by atoms with Crippen LogP contribution in [0.4, 0.5) is 0 Å². The first-order valence-corrected chi connectivity index (χ1v) is 7.39. The van der Waals surface area contributed by atoms with E-state index < -0.39 is 11.4 Å². The molecular weight excluding hydrogens is 252 g/mol. The summed E-state index contributed by atoms with van der Waals surface area (Å²) in [7, 11) is 0. The number of hydrogen-bond donors (Lipinski definition) is 2. The molecule has 1 rings (SSSR count). The Labute approximate surface area is 121 Å². The van der Waals surface area contributed by atoms with E-state index in [4.69, 9.17) is 0 Å². The Hall–Kier alpha value is -1.42. The van der Waals surface area contributed by atoms with Crippen LogP contribution in [-0.4, -0.2) is 29.1 Å². The Morgan fingerprint density at radius 1 is 1.40 bits per heavy atom. The van der Waals surface area contributed by atoms with Gasteiger partial charge in [0.1, 0.15) is 0 Å².